The minimum absolute atomic E-state index is 0.228. The van der Waals surface area contributed by atoms with Crippen LogP contribution in [0.25, 0.3) is 0 Å². The fourth-order valence-electron chi connectivity index (χ4n) is 1.23. The maximum absolute atomic E-state index is 13.1. The van der Waals surface area contributed by atoms with Gasteiger partial charge in [-0.05, 0) is 24.1 Å². The summed E-state index contributed by atoms with van der Waals surface area (Å²) in [7, 11) is 1.59. The van der Waals surface area contributed by atoms with E-state index in [1.54, 1.807) is 20.1 Å². The van der Waals surface area contributed by atoms with E-state index < -0.39 is 0 Å². The van der Waals surface area contributed by atoms with Crippen LogP contribution in [-0.4, -0.2) is 13.7 Å². The van der Waals surface area contributed by atoms with Crippen LogP contribution in [0.2, 0.25) is 0 Å². The van der Waals surface area contributed by atoms with Gasteiger partial charge in [-0.25, -0.2) is 4.39 Å². The lowest BCUT2D eigenvalue weighted by Crippen LogP contribution is -2.17. The smallest absolute Gasteiger partial charge is 0.127 e. The number of ether oxygens (including phenoxy) is 1. The van der Waals surface area contributed by atoms with Crippen molar-refractivity contribution in [1.82, 2.24) is 0 Å². The van der Waals surface area contributed by atoms with Crippen molar-refractivity contribution in [3.05, 3.63) is 33.5 Å². The maximum Gasteiger partial charge on any atom is 0.127 e. The number of methoxy groups -OCH3 is 1. The van der Waals surface area contributed by atoms with Gasteiger partial charge < -0.3 is 10.5 Å². The van der Waals surface area contributed by atoms with Crippen molar-refractivity contribution < 1.29 is 9.13 Å². The summed E-state index contributed by atoms with van der Waals surface area (Å²) >= 11 is 3.28. The second-order valence-electron chi connectivity index (χ2n) is 3.18. The van der Waals surface area contributed by atoms with Gasteiger partial charge in [-0.1, -0.05) is 22.0 Å². The highest BCUT2D eigenvalue weighted by Gasteiger charge is 2.12. The van der Waals surface area contributed by atoms with Gasteiger partial charge in [0.25, 0.3) is 0 Å². The summed E-state index contributed by atoms with van der Waals surface area (Å²) in [6.45, 7) is 2.13. The van der Waals surface area contributed by atoms with Gasteiger partial charge in [0.15, 0.2) is 0 Å². The Morgan fingerprint density at radius 3 is 2.79 bits per heavy atom. The molecule has 0 aliphatic heterocycles. The molecular weight excluding hydrogens is 249 g/mol. The van der Waals surface area contributed by atoms with Crippen LogP contribution in [0.5, 0.6) is 0 Å². The molecule has 78 valence electrons. The van der Waals surface area contributed by atoms with Crippen molar-refractivity contribution in [1.29, 1.82) is 0 Å². The summed E-state index contributed by atoms with van der Waals surface area (Å²) in [6, 6.07) is 2.94. The number of hydrogen-bond acceptors (Lipinski definition) is 2. The Morgan fingerprint density at radius 1 is 1.57 bits per heavy atom. The average molecular weight is 262 g/mol. The summed E-state index contributed by atoms with van der Waals surface area (Å²) in [4.78, 5) is 0. The largest absolute Gasteiger partial charge is 0.383 e. The molecule has 1 atom stereocenters. The van der Waals surface area contributed by atoms with E-state index in [4.69, 9.17) is 10.5 Å². The minimum Gasteiger partial charge on any atom is -0.383 e. The van der Waals surface area contributed by atoms with Gasteiger partial charge in [0.05, 0.1) is 12.6 Å². The summed E-state index contributed by atoms with van der Waals surface area (Å²) in [5, 5.41) is 0. The molecule has 0 radical (unpaired) electrons. The second kappa shape index (κ2) is 4.87. The normalized spacial score (nSPS) is 12.9. The van der Waals surface area contributed by atoms with Crippen LogP contribution < -0.4 is 5.73 Å². The Kier molecular flexibility index (Phi) is 4.04. The van der Waals surface area contributed by atoms with Crippen molar-refractivity contribution in [2.75, 3.05) is 13.7 Å². The van der Waals surface area contributed by atoms with Crippen LogP contribution in [0.3, 0.4) is 0 Å². The first kappa shape index (κ1) is 11.6. The highest BCUT2D eigenvalue weighted by molar-refractivity contribution is 9.10. The van der Waals surface area contributed by atoms with Crippen LogP contribution >= 0.6 is 15.9 Å². The summed E-state index contributed by atoms with van der Waals surface area (Å²) in [5.74, 6) is -0.231. The molecular formula is C10H13BrFNO. The molecule has 0 aliphatic rings. The Labute approximate surface area is 91.4 Å². The maximum atomic E-state index is 13.1. The molecule has 0 fully saturated rings. The van der Waals surface area contributed by atoms with E-state index in [0.717, 1.165) is 5.56 Å². The summed E-state index contributed by atoms with van der Waals surface area (Å²) in [6.07, 6.45) is 0. The number of halogens is 2. The lowest BCUT2D eigenvalue weighted by molar-refractivity contribution is 0.180. The van der Waals surface area contributed by atoms with Gasteiger partial charge in [0, 0.05) is 11.6 Å². The van der Waals surface area contributed by atoms with Crippen LogP contribution in [0.1, 0.15) is 17.2 Å². The fourth-order valence-corrected chi connectivity index (χ4v) is 1.84. The molecule has 0 heterocycles. The van der Waals surface area contributed by atoms with Crippen LogP contribution in [-0.2, 0) is 4.74 Å². The molecule has 0 saturated carbocycles. The minimum atomic E-state index is -0.231. The zero-order valence-electron chi connectivity index (χ0n) is 8.18. The van der Waals surface area contributed by atoms with Crippen LogP contribution in [0, 0.1) is 12.7 Å². The van der Waals surface area contributed by atoms with E-state index in [2.05, 4.69) is 15.9 Å². The van der Waals surface area contributed by atoms with E-state index in [0.29, 0.717) is 16.6 Å². The molecule has 0 bridgehead atoms. The molecule has 4 heteroatoms. The third kappa shape index (κ3) is 2.53. The monoisotopic (exact) mass is 261 g/mol. The molecule has 0 aliphatic carbocycles. The number of nitrogens with two attached hydrogens (primary N) is 1. The first-order valence-electron chi connectivity index (χ1n) is 4.26. The molecule has 1 rings (SSSR count). The van der Waals surface area contributed by atoms with Crippen molar-refractivity contribution >= 4 is 15.9 Å². The third-order valence-corrected chi connectivity index (χ3v) is 2.71. The van der Waals surface area contributed by atoms with E-state index in [-0.39, 0.29) is 11.9 Å². The molecule has 0 aromatic heterocycles. The highest BCUT2D eigenvalue weighted by Crippen LogP contribution is 2.25. The molecule has 2 N–H and O–H groups in total. The Balaban J connectivity index is 3.02. The zero-order chi connectivity index (χ0) is 10.7. The predicted octanol–water partition coefficient (Wildman–Crippen LogP) is 2.54. The molecule has 1 aromatic carbocycles. The molecule has 2 nitrogen and oxygen atoms in total. The Bertz CT molecular complexity index is 330. The van der Waals surface area contributed by atoms with E-state index >= 15 is 0 Å². The van der Waals surface area contributed by atoms with Gasteiger partial charge in [-0.2, -0.15) is 0 Å². The fraction of sp³-hybridized carbons (Fsp3) is 0.400. The van der Waals surface area contributed by atoms with Crippen molar-refractivity contribution in [2.45, 2.75) is 13.0 Å². The van der Waals surface area contributed by atoms with Gasteiger partial charge >= 0.3 is 0 Å². The van der Waals surface area contributed by atoms with Gasteiger partial charge in [0.1, 0.15) is 5.82 Å². The molecule has 0 spiro atoms. The van der Waals surface area contributed by atoms with Crippen molar-refractivity contribution in [2.24, 2.45) is 5.73 Å². The number of rotatable bonds is 3. The summed E-state index contributed by atoms with van der Waals surface area (Å²) in [5.41, 5.74) is 7.31. The number of benzene rings is 1. The third-order valence-electron chi connectivity index (χ3n) is 2.02. The molecule has 0 unspecified atom stereocenters. The first-order chi connectivity index (χ1) is 6.56. The second-order valence-corrected chi connectivity index (χ2v) is 4.04. The van der Waals surface area contributed by atoms with Gasteiger partial charge in [-0.3, -0.25) is 0 Å². The molecule has 0 amide bonds. The number of aryl methyl sites for hydroxylation is 1. The van der Waals surface area contributed by atoms with Gasteiger partial charge in [-0.15, -0.1) is 0 Å². The molecule has 0 saturated heterocycles. The standard InChI is InChI=1S/C10H13BrFNO/c1-6-3-7(10(13)5-14-2)8(11)4-9(6)12/h3-4,10H,5,13H2,1-2H3/t10-/m1/s1. The van der Waals surface area contributed by atoms with Gasteiger partial charge in [0.2, 0.25) is 0 Å². The van der Waals surface area contributed by atoms with Crippen LogP contribution in [0.4, 0.5) is 4.39 Å². The molecule has 1 aromatic rings. The Hall–Kier alpha value is -0.450. The topological polar surface area (TPSA) is 35.2 Å². The SMILES string of the molecule is COC[C@@H](N)c1cc(C)c(F)cc1Br. The lowest BCUT2D eigenvalue weighted by atomic mass is 10.1. The van der Waals surface area contributed by atoms with E-state index in [1.807, 2.05) is 0 Å². The number of hydrogen-bond donors (Lipinski definition) is 1. The van der Waals surface area contributed by atoms with Crippen LogP contribution in [0.15, 0.2) is 16.6 Å². The predicted molar refractivity (Wildman–Crippen MR) is 57.6 cm³/mol. The first-order valence-corrected chi connectivity index (χ1v) is 5.05. The summed E-state index contributed by atoms with van der Waals surface area (Å²) < 4.78 is 18.7. The zero-order valence-corrected chi connectivity index (χ0v) is 9.77. The van der Waals surface area contributed by atoms with E-state index in [1.165, 1.54) is 6.07 Å². The quantitative estimate of drug-likeness (QED) is 0.908. The average Bonchev–Trinajstić information content (AvgIpc) is 2.11. The van der Waals surface area contributed by atoms with Crippen molar-refractivity contribution in [3.63, 3.8) is 0 Å². The molecule has 14 heavy (non-hydrogen) atoms. The Morgan fingerprint density at radius 2 is 2.21 bits per heavy atom. The van der Waals surface area contributed by atoms with E-state index in [9.17, 15) is 4.39 Å². The lowest BCUT2D eigenvalue weighted by Gasteiger charge is -2.13. The highest BCUT2D eigenvalue weighted by atomic mass is 79.9. The van der Waals surface area contributed by atoms with Crippen molar-refractivity contribution in [3.8, 4) is 0 Å².